The average molecular weight is 361 g/mol. The number of quaternary nitrogens is 1. The number of likely N-dealkylation sites (tertiary alicyclic amines) is 1. The molecule has 2 amide bonds. The molecule has 2 saturated heterocycles. The molecule has 2 heterocycles. The molecule has 0 spiro atoms. The van der Waals surface area contributed by atoms with Crippen molar-refractivity contribution in [3.8, 4) is 5.75 Å². The lowest BCUT2D eigenvalue weighted by Crippen LogP contribution is -2.98. The zero-order valence-electron chi connectivity index (χ0n) is 15.5. The van der Waals surface area contributed by atoms with Gasteiger partial charge in [-0.15, -0.1) is 0 Å². The summed E-state index contributed by atoms with van der Waals surface area (Å²) in [5, 5.41) is 1.87. The van der Waals surface area contributed by atoms with Crippen molar-refractivity contribution in [2.24, 2.45) is 11.8 Å². The summed E-state index contributed by atoms with van der Waals surface area (Å²) < 4.78 is 10.5. The van der Waals surface area contributed by atoms with E-state index < -0.39 is 23.3 Å². The first kappa shape index (κ1) is 18.4. The maximum atomic E-state index is 12.8. The molecule has 7 nitrogen and oxygen atoms in total. The molecule has 0 radical (unpaired) electrons. The van der Waals surface area contributed by atoms with Gasteiger partial charge in [0.25, 0.3) is 0 Å². The smallest absolute Gasteiger partial charge is 0.368 e. The number of nitrogens with two attached hydrogens (primary N) is 1. The van der Waals surface area contributed by atoms with Crippen LogP contribution in [0.4, 0.5) is 0 Å². The minimum atomic E-state index is -1.08. The lowest BCUT2D eigenvalue weighted by molar-refractivity contribution is -0.734. The molecule has 4 atom stereocenters. The fraction of sp³-hybridized carbons (Fsp3) is 0.526. The normalized spacial score (nSPS) is 30.5. The number of imide groups is 1. The summed E-state index contributed by atoms with van der Waals surface area (Å²) in [5.41, 5.74) is -0.195. The molecule has 1 aromatic carbocycles. The van der Waals surface area contributed by atoms with E-state index in [2.05, 4.69) is 0 Å². The van der Waals surface area contributed by atoms with Gasteiger partial charge in [0.05, 0.1) is 13.7 Å². The molecule has 0 aromatic heterocycles. The largest absolute Gasteiger partial charge is 0.497 e. The summed E-state index contributed by atoms with van der Waals surface area (Å²) in [4.78, 5) is 39.6. The Morgan fingerprint density at radius 1 is 1.19 bits per heavy atom. The number of methoxy groups -OCH3 is 1. The molecule has 2 fully saturated rings. The number of ether oxygens (including phenoxy) is 2. The highest BCUT2D eigenvalue weighted by Gasteiger charge is 2.71. The molecule has 140 valence electrons. The first-order valence-electron chi connectivity index (χ1n) is 8.89. The fourth-order valence-electron chi connectivity index (χ4n) is 4.34. The predicted octanol–water partition coefficient (Wildman–Crippen LogP) is 0.256. The molecular weight excluding hydrogens is 336 g/mol. The van der Waals surface area contributed by atoms with Gasteiger partial charge in [-0.3, -0.25) is 14.5 Å². The zero-order chi connectivity index (χ0) is 19.1. The number of fused-ring (bicyclic) bond motifs is 1. The van der Waals surface area contributed by atoms with Crippen LogP contribution in [0.1, 0.15) is 31.9 Å². The lowest BCUT2D eigenvalue weighted by Gasteiger charge is -2.28. The second-order valence-corrected chi connectivity index (χ2v) is 6.82. The molecule has 0 bridgehead atoms. The van der Waals surface area contributed by atoms with Gasteiger partial charge in [0.1, 0.15) is 23.6 Å². The highest BCUT2D eigenvalue weighted by molar-refractivity contribution is 6.08. The number of hydrogen-bond acceptors (Lipinski definition) is 5. The minimum absolute atomic E-state index is 0.233. The van der Waals surface area contributed by atoms with Gasteiger partial charge in [0, 0.05) is 19.0 Å². The minimum Gasteiger partial charge on any atom is -0.497 e. The summed E-state index contributed by atoms with van der Waals surface area (Å²) in [6, 6.07) is 7.07. The van der Waals surface area contributed by atoms with Gasteiger partial charge < -0.3 is 14.8 Å². The number of hydrogen-bond donors (Lipinski definition) is 1. The summed E-state index contributed by atoms with van der Waals surface area (Å²) >= 11 is 0. The third kappa shape index (κ3) is 2.49. The topological polar surface area (TPSA) is 89.5 Å². The van der Waals surface area contributed by atoms with E-state index in [-0.39, 0.29) is 24.5 Å². The van der Waals surface area contributed by atoms with Crippen molar-refractivity contribution in [2.45, 2.75) is 31.8 Å². The van der Waals surface area contributed by atoms with Crippen LogP contribution >= 0.6 is 0 Å². The van der Waals surface area contributed by atoms with Crippen LogP contribution in [0.25, 0.3) is 0 Å². The standard InChI is InChI=1S/C19H24N2O5/c1-5-19(18(24)26-6-2)14-13(16(22)21(3)17(14)23)15(20-19)11-7-9-12(25-4)10-8-11/h7-10,13-15,20H,5-6H2,1-4H3/p+1/t13-,14+,15-,19-/m0/s1. The van der Waals surface area contributed by atoms with Crippen LogP contribution in [0.2, 0.25) is 0 Å². The number of carbonyl (C=O) groups excluding carboxylic acids is 3. The van der Waals surface area contributed by atoms with Crippen LogP contribution in [-0.4, -0.2) is 49.0 Å². The molecule has 3 rings (SSSR count). The number of nitrogens with zero attached hydrogens (tertiary/aromatic N) is 1. The van der Waals surface area contributed by atoms with Gasteiger partial charge in [0.2, 0.25) is 17.4 Å². The number of carbonyl (C=O) groups is 3. The van der Waals surface area contributed by atoms with Crippen LogP contribution in [-0.2, 0) is 19.1 Å². The Bertz CT molecular complexity index is 732. The third-order valence-corrected chi connectivity index (χ3v) is 5.73. The monoisotopic (exact) mass is 361 g/mol. The maximum absolute atomic E-state index is 12.8. The van der Waals surface area contributed by atoms with Crippen molar-refractivity contribution < 1.29 is 29.2 Å². The summed E-state index contributed by atoms with van der Waals surface area (Å²) in [6.07, 6.45) is 0.409. The van der Waals surface area contributed by atoms with E-state index >= 15 is 0 Å². The molecule has 0 aliphatic carbocycles. The SMILES string of the molecule is CCOC(=O)[C@@]1(CC)[NH2+][C@@H](c2ccc(OC)cc2)[C@H]2C(=O)N(C)C(=O)[C@@H]21. The second-order valence-electron chi connectivity index (χ2n) is 6.82. The third-order valence-electron chi connectivity index (χ3n) is 5.73. The predicted molar refractivity (Wildman–Crippen MR) is 92.1 cm³/mol. The van der Waals surface area contributed by atoms with Crippen LogP contribution in [0, 0.1) is 11.8 Å². The van der Waals surface area contributed by atoms with Crippen molar-refractivity contribution in [1.29, 1.82) is 0 Å². The Hall–Kier alpha value is -2.41. The fourth-order valence-corrected chi connectivity index (χ4v) is 4.34. The molecule has 2 aliphatic heterocycles. The van der Waals surface area contributed by atoms with Crippen LogP contribution in [0.5, 0.6) is 5.75 Å². The van der Waals surface area contributed by atoms with E-state index in [1.165, 1.54) is 7.05 Å². The highest BCUT2D eigenvalue weighted by atomic mass is 16.5. The Labute approximate surface area is 152 Å². The van der Waals surface area contributed by atoms with E-state index in [4.69, 9.17) is 9.47 Å². The molecule has 7 heteroatoms. The van der Waals surface area contributed by atoms with Crippen LogP contribution < -0.4 is 10.1 Å². The zero-order valence-corrected chi connectivity index (χ0v) is 15.5. The first-order chi connectivity index (χ1) is 12.4. The molecule has 1 aromatic rings. The molecular formula is C19H25N2O5+. The molecule has 26 heavy (non-hydrogen) atoms. The maximum Gasteiger partial charge on any atom is 0.368 e. The highest BCUT2D eigenvalue weighted by Crippen LogP contribution is 2.45. The first-order valence-corrected chi connectivity index (χ1v) is 8.89. The van der Waals surface area contributed by atoms with E-state index in [1.54, 1.807) is 14.0 Å². The van der Waals surface area contributed by atoms with Gasteiger partial charge in [-0.05, 0) is 31.2 Å². The summed E-state index contributed by atoms with van der Waals surface area (Å²) in [7, 11) is 3.07. The van der Waals surface area contributed by atoms with Gasteiger partial charge in [0.15, 0.2) is 0 Å². The molecule has 2 N–H and O–H groups in total. The van der Waals surface area contributed by atoms with Crippen molar-refractivity contribution in [3.63, 3.8) is 0 Å². The van der Waals surface area contributed by atoms with Crippen LogP contribution in [0.3, 0.4) is 0 Å². The van der Waals surface area contributed by atoms with Gasteiger partial charge >= 0.3 is 5.97 Å². The van der Waals surface area contributed by atoms with E-state index in [0.29, 0.717) is 12.2 Å². The van der Waals surface area contributed by atoms with E-state index in [9.17, 15) is 14.4 Å². The number of rotatable bonds is 5. The van der Waals surface area contributed by atoms with Gasteiger partial charge in [-0.25, -0.2) is 4.79 Å². The number of esters is 1. The van der Waals surface area contributed by atoms with Crippen molar-refractivity contribution in [2.75, 3.05) is 20.8 Å². The number of benzene rings is 1. The molecule has 2 aliphatic rings. The van der Waals surface area contributed by atoms with Crippen molar-refractivity contribution >= 4 is 17.8 Å². The summed E-state index contributed by atoms with van der Waals surface area (Å²) in [5.74, 6) is -1.55. The van der Waals surface area contributed by atoms with Crippen LogP contribution in [0.15, 0.2) is 24.3 Å². The average Bonchev–Trinajstić information content (AvgIpc) is 3.12. The van der Waals surface area contributed by atoms with Gasteiger partial charge in [-0.2, -0.15) is 0 Å². The second kappa shape index (κ2) is 6.72. The summed E-state index contributed by atoms with van der Waals surface area (Å²) in [6.45, 7) is 3.83. The molecule has 0 unspecified atom stereocenters. The Morgan fingerprint density at radius 2 is 1.85 bits per heavy atom. The van der Waals surface area contributed by atoms with E-state index in [1.807, 2.05) is 36.5 Å². The molecule has 0 saturated carbocycles. The number of amides is 2. The Morgan fingerprint density at radius 3 is 2.38 bits per heavy atom. The van der Waals surface area contributed by atoms with E-state index in [0.717, 1.165) is 10.5 Å². The Balaban J connectivity index is 2.07. The van der Waals surface area contributed by atoms with Crippen molar-refractivity contribution in [3.05, 3.63) is 29.8 Å². The lowest BCUT2D eigenvalue weighted by atomic mass is 9.78. The van der Waals surface area contributed by atoms with Gasteiger partial charge in [-0.1, -0.05) is 6.92 Å². The Kier molecular flexibility index (Phi) is 4.75. The van der Waals surface area contributed by atoms with Crippen molar-refractivity contribution in [1.82, 2.24) is 4.90 Å². The quantitative estimate of drug-likeness (QED) is 0.600.